The standard InChI is InChI=1S/C9H18.CH5N.CH3N/c1-3-9-6-4-8(2)5-7-9;2*1-2/h8-9H,3-7H2,1-2H3;2H2,1H3;2H,1H2. The minimum Gasteiger partial charge on any atom is -0.333 e. The van der Waals surface area contributed by atoms with Gasteiger partial charge in [-0.05, 0) is 25.6 Å². The van der Waals surface area contributed by atoms with Crippen LogP contribution in [-0.2, 0) is 0 Å². The van der Waals surface area contributed by atoms with Crippen molar-refractivity contribution in [2.45, 2.75) is 46.0 Å². The van der Waals surface area contributed by atoms with Crippen molar-refractivity contribution in [2.24, 2.45) is 17.6 Å². The molecule has 0 aromatic carbocycles. The summed E-state index contributed by atoms with van der Waals surface area (Å²) >= 11 is 0. The molecule has 1 aliphatic carbocycles. The molecule has 2 heteroatoms. The molecule has 0 radical (unpaired) electrons. The van der Waals surface area contributed by atoms with E-state index in [4.69, 9.17) is 5.41 Å². The lowest BCUT2D eigenvalue weighted by Crippen LogP contribution is -2.10. The number of hydrogen-bond acceptors (Lipinski definition) is 2. The van der Waals surface area contributed by atoms with E-state index in [2.05, 4.69) is 26.3 Å². The topological polar surface area (TPSA) is 49.9 Å². The molecule has 0 aromatic heterocycles. The van der Waals surface area contributed by atoms with E-state index in [0.29, 0.717) is 0 Å². The maximum atomic E-state index is 5.50. The summed E-state index contributed by atoms with van der Waals surface area (Å²) < 4.78 is 0. The fourth-order valence-electron chi connectivity index (χ4n) is 1.74. The Labute approximate surface area is 83.4 Å². The number of nitrogens with one attached hydrogen (secondary N) is 1. The zero-order chi connectivity index (χ0) is 10.7. The van der Waals surface area contributed by atoms with Crippen molar-refractivity contribution >= 4 is 6.72 Å². The molecular weight excluding hydrogens is 160 g/mol. The van der Waals surface area contributed by atoms with Crippen LogP contribution in [-0.4, -0.2) is 13.8 Å². The van der Waals surface area contributed by atoms with Crippen molar-refractivity contribution in [1.82, 2.24) is 0 Å². The number of hydrogen-bond donors (Lipinski definition) is 2. The average Bonchev–Trinajstić information content (AvgIpc) is 2.25. The summed E-state index contributed by atoms with van der Waals surface area (Å²) in [6, 6.07) is 0. The van der Waals surface area contributed by atoms with Crippen LogP contribution < -0.4 is 5.73 Å². The molecule has 0 amide bonds. The molecule has 3 N–H and O–H groups in total. The molecule has 2 nitrogen and oxygen atoms in total. The zero-order valence-corrected chi connectivity index (χ0v) is 9.47. The minimum atomic E-state index is 1.02. The molecule has 1 aliphatic rings. The van der Waals surface area contributed by atoms with Gasteiger partial charge in [-0.2, -0.15) is 0 Å². The highest BCUT2D eigenvalue weighted by atomic mass is 14.4. The second kappa shape index (κ2) is 11.6. The largest absolute Gasteiger partial charge is 0.333 e. The highest BCUT2D eigenvalue weighted by molar-refractivity contribution is 5.15. The summed E-state index contributed by atoms with van der Waals surface area (Å²) in [5.41, 5.74) is 4.50. The molecule has 0 heterocycles. The Balaban J connectivity index is 0. The van der Waals surface area contributed by atoms with E-state index in [1.807, 2.05) is 0 Å². The van der Waals surface area contributed by atoms with E-state index in [-0.39, 0.29) is 0 Å². The zero-order valence-electron chi connectivity index (χ0n) is 9.47. The van der Waals surface area contributed by atoms with Crippen molar-refractivity contribution in [3.63, 3.8) is 0 Å². The predicted molar refractivity (Wildman–Crippen MR) is 61.4 cm³/mol. The van der Waals surface area contributed by atoms with E-state index < -0.39 is 0 Å². The van der Waals surface area contributed by atoms with Gasteiger partial charge in [-0.3, -0.25) is 0 Å². The van der Waals surface area contributed by atoms with Gasteiger partial charge in [-0.25, -0.2) is 0 Å². The summed E-state index contributed by atoms with van der Waals surface area (Å²) in [5.74, 6) is 2.09. The van der Waals surface area contributed by atoms with Crippen molar-refractivity contribution in [3.05, 3.63) is 0 Å². The quantitative estimate of drug-likeness (QED) is 0.607. The van der Waals surface area contributed by atoms with E-state index in [0.717, 1.165) is 11.8 Å². The van der Waals surface area contributed by atoms with Gasteiger partial charge in [0.05, 0.1) is 0 Å². The third kappa shape index (κ3) is 7.97. The fourth-order valence-corrected chi connectivity index (χ4v) is 1.74. The van der Waals surface area contributed by atoms with Crippen molar-refractivity contribution < 1.29 is 0 Å². The first-order chi connectivity index (χ1) is 6.33. The normalized spacial score (nSPS) is 26.2. The van der Waals surface area contributed by atoms with Crippen LogP contribution in [0.3, 0.4) is 0 Å². The smallest absolute Gasteiger partial charge is 0.0187 e. The van der Waals surface area contributed by atoms with Crippen LogP contribution in [0.15, 0.2) is 0 Å². The van der Waals surface area contributed by atoms with Gasteiger partial charge in [-0.1, -0.05) is 46.0 Å². The van der Waals surface area contributed by atoms with Crippen LogP contribution in [0, 0.1) is 17.2 Å². The van der Waals surface area contributed by atoms with Crippen molar-refractivity contribution in [2.75, 3.05) is 7.05 Å². The van der Waals surface area contributed by atoms with Gasteiger partial charge >= 0.3 is 0 Å². The molecule has 0 aromatic rings. The molecule has 0 saturated heterocycles. The lowest BCUT2D eigenvalue weighted by Gasteiger charge is -2.24. The molecular formula is C11H26N2. The van der Waals surface area contributed by atoms with Gasteiger partial charge < -0.3 is 11.1 Å². The third-order valence-corrected chi connectivity index (χ3v) is 2.71. The average molecular weight is 186 g/mol. The summed E-state index contributed by atoms with van der Waals surface area (Å²) in [7, 11) is 1.50. The van der Waals surface area contributed by atoms with Crippen LogP contribution >= 0.6 is 0 Å². The van der Waals surface area contributed by atoms with Gasteiger partial charge in [0.15, 0.2) is 0 Å². The lowest BCUT2D eigenvalue weighted by molar-refractivity contribution is 0.284. The summed E-state index contributed by atoms with van der Waals surface area (Å²) in [5, 5.41) is 5.50. The summed E-state index contributed by atoms with van der Waals surface area (Å²) in [6.07, 6.45) is 7.37. The Hall–Kier alpha value is -0.370. The number of nitrogens with two attached hydrogens (primary N) is 1. The van der Waals surface area contributed by atoms with E-state index >= 15 is 0 Å². The van der Waals surface area contributed by atoms with Crippen LogP contribution in [0.4, 0.5) is 0 Å². The van der Waals surface area contributed by atoms with E-state index in [9.17, 15) is 0 Å². The van der Waals surface area contributed by atoms with Crippen molar-refractivity contribution in [1.29, 1.82) is 5.41 Å². The van der Waals surface area contributed by atoms with Crippen LogP contribution in [0.1, 0.15) is 46.0 Å². The predicted octanol–water partition coefficient (Wildman–Crippen LogP) is 3.06. The first-order valence-corrected chi connectivity index (χ1v) is 5.26. The molecule has 0 unspecified atom stereocenters. The van der Waals surface area contributed by atoms with E-state index in [1.165, 1.54) is 39.2 Å². The highest BCUT2D eigenvalue weighted by Gasteiger charge is 2.15. The summed E-state index contributed by atoms with van der Waals surface area (Å²) in [6.45, 7) is 7.20. The van der Waals surface area contributed by atoms with Gasteiger partial charge in [0.25, 0.3) is 0 Å². The van der Waals surface area contributed by atoms with Crippen LogP contribution in [0.2, 0.25) is 0 Å². The molecule has 0 spiro atoms. The Kier molecular flexibility index (Phi) is 13.5. The maximum Gasteiger partial charge on any atom is -0.0187 e. The summed E-state index contributed by atoms with van der Waals surface area (Å²) in [4.78, 5) is 0. The first-order valence-electron chi connectivity index (χ1n) is 5.26. The second-order valence-corrected chi connectivity index (χ2v) is 3.53. The molecule has 1 saturated carbocycles. The van der Waals surface area contributed by atoms with Gasteiger partial charge in [0.1, 0.15) is 0 Å². The van der Waals surface area contributed by atoms with Gasteiger partial charge in [0.2, 0.25) is 0 Å². The molecule has 0 bridgehead atoms. The maximum absolute atomic E-state index is 5.50. The van der Waals surface area contributed by atoms with Gasteiger partial charge in [-0.15, -0.1) is 0 Å². The Morgan fingerprint density at radius 3 is 1.85 bits per heavy atom. The molecule has 0 atom stereocenters. The Bertz CT molecular complexity index is 86.1. The number of rotatable bonds is 1. The minimum absolute atomic E-state index is 1.02. The van der Waals surface area contributed by atoms with E-state index in [1.54, 1.807) is 0 Å². The second-order valence-electron chi connectivity index (χ2n) is 3.53. The SMILES string of the molecule is C=N.CCC1CCC(C)CC1.CN. The Morgan fingerprint density at radius 1 is 1.15 bits per heavy atom. The fraction of sp³-hybridized carbons (Fsp3) is 0.909. The molecule has 80 valence electrons. The monoisotopic (exact) mass is 186 g/mol. The third-order valence-electron chi connectivity index (χ3n) is 2.71. The molecule has 13 heavy (non-hydrogen) atoms. The van der Waals surface area contributed by atoms with Gasteiger partial charge in [0, 0.05) is 0 Å². The Morgan fingerprint density at radius 2 is 1.54 bits per heavy atom. The molecule has 1 rings (SSSR count). The lowest BCUT2D eigenvalue weighted by atomic mass is 9.82. The van der Waals surface area contributed by atoms with Crippen LogP contribution in [0.5, 0.6) is 0 Å². The van der Waals surface area contributed by atoms with Crippen molar-refractivity contribution in [3.8, 4) is 0 Å². The molecule has 0 aliphatic heterocycles. The van der Waals surface area contributed by atoms with Crippen LogP contribution in [0.25, 0.3) is 0 Å². The first kappa shape index (κ1) is 15.1. The molecule has 1 fully saturated rings. The highest BCUT2D eigenvalue weighted by Crippen LogP contribution is 2.29.